The van der Waals surface area contributed by atoms with Crippen LogP contribution in [-0.4, -0.2) is 23.9 Å². The number of ether oxygens (including phenoxy) is 1. The highest BCUT2D eigenvalue weighted by Crippen LogP contribution is 2.18. The van der Waals surface area contributed by atoms with Gasteiger partial charge in [0.15, 0.2) is 0 Å². The van der Waals surface area contributed by atoms with Gasteiger partial charge in [-0.2, -0.15) is 0 Å². The molecule has 1 atom stereocenters. The summed E-state index contributed by atoms with van der Waals surface area (Å²) in [5.74, 6) is 0. The molecule has 0 aliphatic carbocycles. The molecule has 0 aromatic carbocycles. The molecule has 1 unspecified atom stereocenters. The van der Waals surface area contributed by atoms with Crippen LogP contribution in [0.2, 0.25) is 0 Å². The van der Waals surface area contributed by atoms with E-state index in [1.165, 1.54) is 0 Å². The van der Waals surface area contributed by atoms with Gasteiger partial charge in [-0.1, -0.05) is 6.58 Å². The van der Waals surface area contributed by atoms with E-state index >= 15 is 0 Å². The third-order valence-electron chi connectivity index (χ3n) is 1.40. The van der Waals surface area contributed by atoms with Crippen molar-refractivity contribution in [2.75, 3.05) is 13.2 Å². The van der Waals surface area contributed by atoms with E-state index in [9.17, 15) is 5.11 Å². The average Bonchev–Trinajstić information content (AvgIpc) is 2.16. The number of hydrogen-bond donors (Lipinski definition) is 1. The standard InChI is InChI=1S/C7H10O2/c1-2-3-7(8)4-5-9-6-7/h3,8H,1,4-6H2. The van der Waals surface area contributed by atoms with Crippen molar-refractivity contribution in [3.05, 3.63) is 18.4 Å². The third kappa shape index (κ3) is 1.42. The summed E-state index contributed by atoms with van der Waals surface area (Å²) in [7, 11) is 0. The second kappa shape index (κ2) is 2.36. The lowest BCUT2D eigenvalue weighted by molar-refractivity contribution is 0.0686. The van der Waals surface area contributed by atoms with Crippen LogP contribution in [0.1, 0.15) is 6.42 Å². The van der Waals surface area contributed by atoms with E-state index in [1.807, 2.05) is 0 Å². The summed E-state index contributed by atoms with van der Waals surface area (Å²) >= 11 is 0. The molecule has 0 amide bonds. The molecule has 2 nitrogen and oxygen atoms in total. The van der Waals surface area contributed by atoms with E-state index in [-0.39, 0.29) is 0 Å². The van der Waals surface area contributed by atoms with Crippen molar-refractivity contribution in [3.8, 4) is 0 Å². The van der Waals surface area contributed by atoms with Gasteiger partial charge in [-0.3, -0.25) is 0 Å². The van der Waals surface area contributed by atoms with Gasteiger partial charge in [0.2, 0.25) is 0 Å². The van der Waals surface area contributed by atoms with Gasteiger partial charge < -0.3 is 9.84 Å². The van der Waals surface area contributed by atoms with Crippen LogP contribution in [0.25, 0.3) is 0 Å². The summed E-state index contributed by atoms with van der Waals surface area (Å²) in [5.41, 5.74) is 1.77. The molecule has 0 saturated carbocycles. The predicted molar refractivity (Wildman–Crippen MR) is 34.1 cm³/mol. The van der Waals surface area contributed by atoms with Gasteiger partial charge in [0.05, 0.1) is 6.61 Å². The van der Waals surface area contributed by atoms with Gasteiger partial charge in [0.25, 0.3) is 0 Å². The fraction of sp³-hybridized carbons (Fsp3) is 0.571. The van der Waals surface area contributed by atoms with Crippen molar-refractivity contribution in [1.29, 1.82) is 0 Å². The zero-order valence-electron chi connectivity index (χ0n) is 5.26. The molecule has 9 heavy (non-hydrogen) atoms. The minimum absolute atomic E-state index is 0.384. The Kier molecular flexibility index (Phi) is 1.72. The molecule has 0 bridgehead atoms. The molecule has 50 valence electrons. The highest BCUT2D eigenvalue weighted by atomic mass is 16.5. The summed E-state index contributed by atoms with van der Waals surface area (Å²) in [6.07, 6.45) is 2.22. The van der Waals surface area contributed by atoms with E-state index in [0.29, 0.717) is 19.6 Å². The molecular formula is C7H10O2. The minimum Gasteiger partial charge on any atom is -0.383 e. The van der Waals surface area contributed by atoms with Crippen molar-refractivity contribution < 1.29 is 9.84 Å². The number of aliphatic hydroxyl groups is 1. The van der Waals surface area contributed by atoms with Crippen molar-refractivity contribution in [2.45, 2.75) is 12.0 Å². The monoisotopic (exact) mass is 126 g/mol. The molecule has 0 aromatic rings. The number of rotatable bonds is 1. The molecule has 2 heteroatoms. The van der Waals surface area contributed by atoms with Gasteiger partial charge in [-0.15, -0.1) is 5.73 Å². The second-order valence-electron chi connectivity index (χ2n) is 2.25. The maximum absolute atomic E-state index is 9.41. The second-order valence-corrected chi connectivity index (χ2v) is 2.25. The lowest BCUT2D eigenvalue weighted by Gasteiger charge is -2.11. The fourth-order valence-electron chi connectivity index (χ4n) is 0.874. The van der Waals surface area contributed by atoms with Crippen molar-refractivity contribution in [2.24, 2.45) is 0 Å². The molecule has 1 aliphatic rings. The van der Waals surface area contributed by atoms with Crippen LogP contribution in [-0.2, 0) is 4.74 Å². The summed E-state index contributed by atoms with van der Waals surface area (Å²) in [6.45, 7) is 4.39. The maximum atomic E-state index is 9.41. The largest absolute Gasteiger partial charge is 0.383 e. The van der Waals surface area contributed by atoms with Crippen LogP contribution in [0.3, 0.4) is 0 Å². The molecule has 1 N–H and O–H groups in total. The Hall–Kier alpha value is -0.560. The smallest absolute Gasteiger partial charge is 0.115 e. The highest BCUT2D eigenvalue weighted by Gasteiger charge is 2.28. The molecule has 0 spiro atoms. The molecule has 1 heterocycles. The average molecular weight is 126 g/mol. The van der Waals surface area contributed by atoms with E-state index in [1.54, 1.807) is 6.08 Å². The topological polar surface area (TPSA) is 29.5 Å². The summed E-state index contributed by atoms with van der Waals surface area (Å²) in [5, 5.41) is 9.41. The van der Waals surface area contributed by atoms with Crippen LogP contribution < -0.4 is 0 Å². The first kappa shape index (κ1) is 6.56. The highest BCUT2D eigenvalue weighted by molar-refractivity contribution is 5.00. The van der Waals surface area contributed by atoms with Gasteiger partial charge in [-0.25, -0.2) is 0 Å². The van der Waals surface area contributed by atoms with Crippen LogP contribution in [0, 0.1) is 0 Å². The van der Waals surface area contributed by atoms with Gasteiger partial charge >= 0.3 is 0 Å². The van der Waals surface area contributed by atoms with E-state index in [2.05, 4.69) is 12.3 Å². The Morgan fingerprint density at radius 2 is 2.56 bits per heavy atom. The van der Waals surface area contributed by atoms with E-state index in [4.69, 9.17) is 4.74 Å². The van der Waals surface area contributed by atoms with Crippen LogP contribution in [0.15, 0.2) is 18.4 Å². The Labute approximate surface area is 54.5 Å². The molecular weight excluding hydrogens is 116 g/mol. The fourth-order valence-corrected chi connectivity index (χ4v) is 0.874. The van der Waals surface area contributed by atoms with Gasteiger partial charge in [0.1, 0.15) is 5.60 Å². The Balaban J connectivity index is 2.61. The van der Waals surface area contributed by atoms with E-state index < -0.39 is 5.60 Å². The molecule has 1 aliphatic heterocycles. The minimum atomic E-state index is -0.776. The molecule has 1 rings (SSSR count). The van der Waals surface area contributed by atoms with E-state index in [0.717, 1.165) is 0 Å². The first-order valence-corrected chi connectivity index (χ1v) is 2.94. The predicted octanol–water partition coefficient (Wildman–Crippen LogP) is 0.479. The number of hydrogen-bond acceptors (Lipinski definition) is 2. The molecule has 0 radical (unpaired) electrons. The summed E-state index contributed by atoms with van der Waals surface area (Å²) in [6, 6.07) is 0. The zero-order chi connectivity index (χ0) is 6.74. The summed E-state index contributed by atoms with van der Waals surface area (Å²) < 4.78 is 4.96. The van der Waals surface area contributed by atoms with Gasteiger partial charge in [0, 0.05) is 13.0 Å². The van der Waals surface area contributed by atoms with Crippen molar-refractivity contribution in [1.82, 2.24) is 0 Å². The quantitative estimate of drug-likeness (QED) is 0.518. The Bertz CT molecular complexity index is 139. The normalized spacial score (nSPS) is 33.9. The SMILES string of the molecule is C=C=CC1(O)CCOC1. The first-order valence-electron chi connectivity index (χ1n) is 2.94. The van der Waals surface area contributed by atoms with Crippen molar-refractivity contribution >= 4 is 0 Å². The summed E-state index contributed by atoms with van der Waals surface area (Å²) in [4.78, 5) is 0. The van der Waals surface area contributed by atoms with Crippen LogP contribution in [0.4, 0.5) is 0 Å². The first-order chi connectivity index (χ1) is 4.27. The molecule has 1 saturated heterocycles. The Morgan fingerprint density at radius 1 is 1.78 bits per heavy atom. The lowest BCUT2D eigenvalue weighted by atomic mass is 10.0. The van der Waals surface area contributed by atoms with Crippen LogP contribution >= 0.6 is 0 Å². The Morgan fingerprint density at radius 3 is 3.00 bits per heavy atom. The third-order valence-corrected chi connectivity index (χ3v) is 1.40. The maximum Gasteiger partial charge on any atom is 0.115 e. The lowest BCUT2D eigenvalue weighted by Crippen LogP contribution is -2.24. The van der Waals surface area contributed by atoms with Crippen molar-refractivity contribution in [3.63, 3.8) is 0 Å². The molecule has 1 fully saturated rings. The molecule has 0 aromatic heterocycles. The van der Waals surface area contributed by atoms with Crippen LogP contribution in [0.5, 0.6) is 0 Å². The zero-order valence-corrected chi connectivity index (χ0v) is 5.26. The van der Waals surface area contributed by atoms with Gasteiger partial charge in [-0.05, 0) is 6.08 Å².